The number of nitrogens with zero attached hydrogens (tertiary/aromatic N) is 1. The molecule has 20 heavy (non-hydrogen) atoms. The molecule has 7 heteroatoms. The molecule has 3 N–H and O–H groups in total. The van der Waals surface area contributed by atoms with E-state index in [1.807, 2.05) is 13.8 Å². The summed E-state index contributed by atoms with van der Waals surface area (Å²) in [6, 6.07) is 0. The molecule has 0 unspecified atom stereocenters. The van der Waals surface area contributed by atoms with Crippen molar-refractivity contribution in [2.45, 2.75) is 33.1 Å². The first-order valence-electron chi connectivity index (χ1n) is 7.03. The molecule has 1 amide bonds. The fourth-order valence-corrected chi connectivity index (χ4v) is 1.39. The lowest BCUT2D eigenvalue weighted by Crippen LogP contribution is -2.43. The van der Waals surface area contributed by atoms with Crippen LogP contribution in [0.1, 0.15) is 33.1 Å². The van der Waals surface area contributed by atoms with E-state index in [2.05, 4.69) is 20.9 Å². The zero-order valence-corrected chi connectivity index (χ0v) is 15.2. The third-order valence-electron chi connectivity index (χ3n) is 2.42. The standard InChI is InChI=1S/C13H28N4O2.HI/c1-4-8-15-12(18)11-17-13(14-3)16-9-6-7-10-19-5-2;/h4-11H2,1-3H3,(H,15,18)(H2,14,16,17);1H. The van der Waals surface area contributed by atoms with Crippen LogP contribution in [-0.2, 0) is 9.53 Å². The lowest BCUT2D eigenvalue weighted by atomic mass is 10.3. The predicted octanol–water partition coefficient (Wildman–Crippen LogP) is 1.11. The highest BCUT2D eigenvalue weighted by Gasteiger charge is 2.01. The molecule has 0 spiro atoms. The lowest BCUT2D eigenvalue weighted by molar-refractivity contribution is -0.120. The van der Waals surface area contributed by atoms with E-state index >= 15 is 0 Å². The van der Waals surface area contributed by atoms with Gasteiger partial charge in [-0.3, -0.25) is 9.79 Å². The molecular formula is C13H29IN4O2. The van der Waals surface area contributed by atoms with Crippen LogP contribution in [0.15, 0.2) is 4.99 Å². The number of nitrogens with one attached hydrogen (secondary N) is 3. The van der Waals surface area contributed by atoms with E-state index in [0.29, 0.717) is 12.5 Å². The number of ether oxygens (including phenoxy) is 1. The molecule has 6 nitrogen and oxygen atoms in total. The smallest absolute Gasteiger partial charge is 0.239 e. The van der Waals surface area contributed by atoms with Gasteiger partial charge in [0.1, 0.15) is 0 Å². The summed E-state index contributed by atoms with van der Waals surface area (Å²) in [6.45, 7) is 7.36. The topological polar surface area (TPSA) is 74.8 Å². The molecule has 0 aromatic rings. The van der Waals surface area contributed by atoms with Crippen molar-refractivity contribution < 1.29 is 9.53 Å². The van der Waals surface area contributed by atoms with Crippen molar-refractivity contribution in [3.63, 3.8) is 0 Å². The second kappa shape index (κ2) is 16.5. The van der Waals surface area contributed by atoms with E-state index in [9.17, 15) is 4.79 Å². The third-order valence-corrected chi connectivity index (χ3v) is 2.42. The molecule has 0 heterocycles. The monoisotopic (exact) mass is 400 g/mol. The number of aliphatic imine (C=N–C) groups is 1. The summed E-state index contributed by atoms with van der Waals surface area (Å²) < 4.78 is 5.26. The van der Waals surface area contributed by atoms with Gasteiger partial charge < -0.3 is 20.7 Å². The summed E-state index contributed by atoms with van der Waals surface area (Å²) in [6.07, 6.45) is 2.98. The fourth-order valence-electron chi connectivity index (χ4n) is 1.39. The van der Waals surface area contributed by atoms with Crippen LogP contribution < -0.4 is 16.0 Å². The molecule has 0 bridgehead atoms. The van der Waals surface area contributed by atoms with Crippen LogP contribution in [0.2, 0.25) is 0 Å². The average Bonchev–Trinajstić information content (AvgIpc) is 2.43. The Kier molecular flexibility index (Phi) is 17.9. The maximum absolute atomic E-state index is 11.4. The summed E-state index contributed by atoms with van der Waals surface area (Å²) in [5.74, 6) is 0.643. The molecule has 0 aliphatic heterocycles. The van der Waals surface area contributed by atoms with Gasteiger partial charge in [0.05, 0.1) is 6.54 Å². The van der Waals surface area contributed by atoms with Gasteiger partial charge in [-0.15, -0.1) is 24.0 Å². The van der Waals surface area contributed by atoms with Crippen LogP contribution in [0.5, 0.6) is 0 Å². The van der Waals surface area contributed by atoms with Gasteiger partial charge >= 0.3 is 0 Å². The van der Waals surface area contributed by atoms with E-state index in [4.69, 9.17) is 4.74 Å². The summed E-state index contributed by atoms with van der Waals surface area (Å²) in [4.78, 5) is 15.5. The summed E-state index contributed by atoms with van der Waals surface area (Å²) in [5, 5.41) is 8.94. The van der Waals surface area contributed by atoms with E-state index in [1.54, 1.807) is 7.05 Å². The second-order valence-corrected chi connectivity index (χ2v) is 4.11. The van der Waals surface area contributed by atoms with Gasteiger partial charge in [0, 0.05) is 33.4 Å². The molecule has 0 aliphatic rings. The van der Waals surface area contributed by atoms with Gasteiger partial charge in [-0.25, -0.2) is 0 Å². The maximum atomic E-state index is 11.4. The van der Waals surface area contributed by atoms with E-state index < -0.39 is 0 Å². The molecule has 0 rings (SSSR count). The first kappa shape index (κ1) is 21.7. The maximum Gasteiger partial charge on any atom is 0.239 e. The Balaban J connectivity index is 0. The minimum absolute atomic E-state index is 0. The number of hydrogen-bond acceptors (Lipinski definition) is 3. The highest BCUT2D eigenvalue weighted by molar-refractivity contribution is 14.0. The van der Waals surface area contributed by atoms with Crippen LogP contribution in [0.25, 0.3) is 0 Å². The molecule has 0 saturated carbocycles. The first-order valence-corrected chi connectivity index (χ1v) is 7.03. The first-order chi connectivity index (χ1) is 9.24. The molecule has 0 radical (unpaired) electrons. The van der Waals surface area contributed by atoms with Crippen molar-refractivity contribution in [1.29, 1.82) is 0 Å². The minimum Gasteiger partial charge on any atom is -0.382 e. The normalized spacial score (nSPS) is 10.7. The zero-order chi connectivity index (χ0) is 14.3. The van der Waals surface area contributed by atoms with Gasteiger partial charge in [0.15, 0.2) is 5.96 Å². The van der Waals surface area contributed by atoms with Crippen LogP contribution in [-0.4, -0.2) is 51.8 Å². The van der Waals surface area contributed by atoms with E-state index in [1.165, 1.54) is 0 Å². The van der Waals surface area contributed by atoms with Gasteiger partial charge in [0.25, 0.3) is 0 Å². The zero-order valence-electron chi connectivity index (χ0n) is 12.8. The number of guanidine groups is 1. The Bertz CT molecular complexity index is 263. The fraction of sp³-hybridized carbons (Fsp3) is 0.846. The molecule has 0 saturated heterocycles. The Hall–Kier alpha value is -0.570. The quantitative estimate of drug-likeness (QED) is 0.222. The Morgan fingerprint density at radius 2 is 1.85 bits per heavy atom. The Labute approximate surface area is 139 Å². The average molecular weight is 400 g/mol. The Morgan fingerprint density at radius 1 is 1.10 bits per heavy atom. The number of carbonyl (C=O) groups excluding carboxylic acids is 1. The lowest BCUT2D eigenvalue weighted by Gasteiger charge is -2.11. The third kappa shape index (κ3) is 13.9. The van der Waals surface area contributed by atoms with Crippen molar-refractivity contribution in [3.05, 3.63) is 0 Å². The number of rotatable bonds is 10. The van der Waals surface area contributed by atoms with Gasteiger partial charge in [-0.2, -0.15) is 0 Å². The molecule has 0 aromatic carbocycles. The second-order valence-electron chi connectivity index (χ2n) is 4.11. The number of amides is 1. The van der Waals surface area contributed by atoms with Crippen molar-refractivity contribution in [2.75, 3.05) is 39.9 Å². The van der Waals surface area contributed by atoms with Crippen molar-refractivity contribution in [3.8, 4) is 0 Å². The van der Waals surface area contributed by atoms with Crippen molar-refractivity contribution in [2.24, 2.45) is 4.99 Å². The Morgan fingerprint density at radius 3 is 2.45 bits per heavy atom. The molecule has 120 valence electrons. The molecule has 0 aromatic heterocycles. The van der Waals surface area contributed by atoms with Gasteiger partial charge in [0.2, 0.25) is 5.91 Å². The SMILES string of the molecule is CCCNC(=O)CNC(=NC)NCCCCOCC.I. The number of hydrogen-bond donors (Lipinski definition) is 3. The highest BCUT2D eigenvalue weighted by Crippen LogP contribution is 1.88. The largest absolute Gasteiger partial charge is 0.382 e. The van der Waals surface area contributed by atoms with E-state index in [-0.39, 0.29) is 36.4 Å². The van der Waals surface area contributed by atoms with Crippen LogP contribution in [0.4, 0.5) is 0 Å². The van der Waals surface area contributed by atoms with Gasteiger partial charge in [-0.1, -0.05) is 6.92 Å². The number of unbranched alkanes of at least 4 members (excludes halogenated alkanes) is 1. The molecule has 0 atom stereocenters. The molecular weight excluding hydrogens is 371 g/mol. The van der Waals surface area contributed by atoms with Crippen LogP contribution in [0, 0.1) is 0 Å². The van der Waals surface area contributed by atoms with Crippen molar-refractivity contribution in [1.82, 2.24) is 16.0 Å². The highest BCUT2D eigenvalue weighted by atomic mass is 127. The summed E-state index contributed by atoms with van der Waals surface area (Å²) in [5.41, 5.74) is 0. The predicted molar refractivity (Wildman–Crippen MR) is 93.8 cm³/mol. The van der Waals surface area contributed by atoms with Gasteiger partial charge in [-0.05, 0) is 26.2 Å². The van der Waals surface area contributed by atoms with Crippen LogP contribution >= 0.6 is 24.0 Å². The molecule has 0 fully saturated rings. The number of carbonyl (C=O) groups is 1. The number of halogens is 1. The summed E-state index contributed by atoms with van der Waals surface area (Å²) >= 11 is 0. The minimum atomic E-state index is -0.0128. The van der Waals surface area contributed by atoms with E-state index in [0.717, 1.165) is 39.0 Å². The van der Waals surface area contributed by atoms with Crippen molar-refractivity contribution >= 4 is 35.8 Å². The van der Waals surface area contributed by atoms with Crippen LogP contribution in [0.3, 0.4) is 0 Å². The summed E-state index contributed by atoms with van der Waals surface area (Å²) in [7, 11) is 1.69. The molecule has 0 aliphatic carbocycles.